The van der Waals surface area contributed by atoms with Gasteiger partial charge in [0.2, 0.25) is 5.88 Å². The molecule has 2 heteroatoms. The van der Waals surface area contributed by atoms with Crippen LogP contribution in [0.4, 0.5) is 0 Å². The van der Waals surface area contributed by atoms with Crippen LogP contribution in [0.5, 0.6) is 5.88 Å². The summed E-state index contributed by atoms with van der Waals surface area (Å²) in [5.41, 5.74) is 0. The fourth-order valence-corrected chi connectivity index (χ4v) is 4.61. The lowest BCUT2D eigenvalue weighted by molar-refractivity contribution is 0.399. The maximum absolute atomic E-state index is 5.47. The first kappa shape index (κ1) is 15.4. The van der Waals surface area contributed by atoms with Crippen molar-refractivity contribution in [3.8, 4) is 5.88 Å². The molecule has 0 radical (unpaired) electrons. The molecule has 1 heterocycles. The van der Waals surface area contributed by atoms with Crippen LogP contribution >= 0.6 is 0 Å². The molecule has 132 valence electrons. The molecule has 0 unspecified atom stereocenters. The monoisotopic (exact) mass is 359 g/mol. The molecular formula is C26H17NO. The average molecular weight is 359 g/mol. The van der Waals surface area contributed by atoms with Crippen molar-refractivity contribution >= 4 is 53.9 Å². The highest BCUT2D eigenvalue weighted by molar-refractivity contribution is 6.39. The van der Waals surface area contributed by atoms with E-state index in [9.17, 15) is 0 Å². The van der Waals surface area contributed by atoms with Crippen molar-refractivity contribution in [1.82, 2.24) is 4.98 Å². The third-order valence-electron chi connectivity index (χ3n) is 5.78. The van der Waals surface area contributed by atoms with E-state index in [2.05, 4.69) is 83.8 Å². The van der Waals surface area contributed by atoms with Gasteiger partial charge in [-0.1, -0.05) is 72.8 Å². The van der Waals surface area contributed by atoms with Crippen LogP contribution < -0.4 is 4.74 Å². The fourth-order valence-electron chi connectivity index (χ4n) is 4.61. The average Bonchev–Trinajstić information content (AvgIpc) is 2.78. The molecule has 2 nitrogen and oxygen atoms in total. The Morgan fingerprint density at radius 1 is 0.536 bits per heavy atom. The Kier molecular flexibility index (Phi) is 3.12. The molecule has 0 spiro atoms. The molecule has 0 N–H and O–H groups in total. The molecule has 1 aromatic heterocycles. The van der Waals surface area contributed by atoms with Gasteiger partial charge in [0, 0.05) is 17.6 Å². The van der Waals surface area contributed by atoms with E-state index < -0.39 is 0 Å². The minimum absolute atomic E-state index is 0.640. The number of methoxy groups -OCH3 is 1. The minimum Gasteiger partial charge on any atom is -0.481 e. The van der Waals surface area contributed by atoms with Crippen molar-refractivity contribution < 1.29 is 4.74 Å². The van der Waals surface area contributed by atoms with E-state index >= 15 is 0 Å². The summed E-state index contributed by atoms with van der Waals surface area (Å²) < 4.78 is 5.47. The van der Waals surface area contributed by atoms with Crippen molar-refractivity contribution in [2.45, 2.75) is 0 Å². The Bertz CT molecular complexity index is 1530. The summed E-state index contributed by atoms with van der Waals surface area (Å²) in [6.07, 6.45) is 1.94. The normalized spacial score (nSPS) is 11.8. The molecule has 0 atom stereocenters. The number of nitrogens with zero attached hydrogens (tertiary/aromatic N) is 1. The molecule has 0 aliphatic carbocycles. The van der Waals surface area contributed by atoms with E-state index in [4.69, 9.17) is 4.74 Å². The van der Waals surface area contributed by atoms with Crippen LogP contribution in [-0.2, 0) is 0 Å². The quantitative estimate of drug-likeness (QED) is 0.299. The zero-order valence-corrected chi connectivity index (χ0v) is 15.4. The number of benzene rings is 5. The van der Waals surface area contributed by atoms with E-state index in [0.717, 1.165) is 5.39 Å². The summed E-state index contributed by atoms with van der Waals surface area (Å²) in [6.45, 7) is 0. The van der Waals surface area contributed by atoms with E-state index in [1.54, 1.807) is 7.11 Å². The van der Waals surface area contributed by atoms with Crippen molar-refractivity contribution in [1.29, 1.82) is 0 Å². The van der Waals surface area contributed by atoms with Crippen molar-refractivity contribution in [3.63, 3.8) is 0 Å². The topological polar surface area (TPSA) is 22.1 Å². The van der Waals surface area contributed by atoms with E-state index in [1.807, 2.05) is 6.20 Å². The zero-order valence-electron chi connectivity index (χ0n) is 15.4. The molecule has 0 fully saturated rings. The fraction of sp³-hybridized carbons (Fsp3) is 0.0385. The van der Waals surface area contributed by atoms with Gasteiger partial charge in [0.25, 0.3) is 0 Å². The lowest BCUT2D eigenvalue weighted by Gasteiger charge is -2.16. The number of hydrogen-bond acceptors (Lipinski definition) is 2. The maximum atomic E-state index is 5.47. The highest BCUT2D eigenvalue weighted by Gasteiger charge is 2.16. The summed E-state index contributed by atoms with van der Waals surface area (Å²) >= 11 is 0. The van der Waals surface area contributed by atoms with E-state index in [1.165, 1.54) is 48.5 Å². The van der Waals surface area contributed by atoms with Gasteiger partial charge in [-0.25, -0.2) is 4.98 Å². The smallest absolute Gasteiger partial charge is 0.213 e. The van der Waals surface area contributed by atoms with Crippen LogP contribution in [0.3, 0.4) is 0 Å². The van der Waals surface area contributed by atoms with Crippen LogP contribution in [0, 0.1) is 0 Å². The van der Waals surface area contributed by atoms with Gasteiger partial charge in [0.05, 0.1) is 7.11 Å². The second-order valence-corrected chi connectivity index (χ2v) is 7.16. The van der Waals surface area contributed by atoms with Gasteiger partial charge in [-0.05, 0) is 48.5 Å². The Morgan fingerprint density at radius 3 is 1.46 bits per heavy atom. The highest BCUT2D eigenvalue weighted by Crippen LogP contribution is 2.43. The van der Waals surface area contributed by atoms with E-state index in [-0.39, 0.29) is 0 Å². The largest absolute Gasteiger partial charge is 0.481 e. The second kappa shape index (κ2) is 5.67. The molecule has 6 rings (SSSR count). The highest BCUT2D eigenvalue weighted by atomic mass is 16.5. The molecule has 0 saturated heterocycles. The molecular weight excluding hydrogens is 342 g/mol. The lowest BCUT2D eigenvalue weighted by atomic mass is 9.88. The molecule has 0 aliphatic heterocycles. The van der Waals surface area contributed by atoms with Gasteiger partial charge in [-0.3, -0.25) is 0 Å². The third-order valence-corrected chi connectivity index (χ3v) is 5.78. The maximum Gasteiger partial charge on any atom is 0.213 e. The standard InChI is InChI=1S/C26H17NO/c1-28-24-14-22-23(15-27-24)18-10-4-7-13-21(18)25-19-11-5-2-8-16(19)17-9-3-6-12-20(17)26(22)25/h2-15H,1H3. The summed E-state index contributed by atoms with van der Waals surface area (Å²) in [5.74, 6) is 0.640. The molecule has 28 heavy (non-hydrogen) atoms. The Hall–Kier alpha value is -3.65. The molecule has 0 aliphatic rings. The van der Waals surface area contributed by atoms with Crippen LogP contribution in [-0.4, -0.2) is 12.1 Å². The minimum atomic E-state index is 0.640. The SMILES string of the molecule is COc1cc2c(cn1)c1ccccc1c1c3ccccc3c3ccccc3c21. The van der Waals surface area contributed by atoms with Crippen molar-refractivity contribution in [2.24, 2.45) is 0 Å². The Morgan fingerprint density at radius 2 is 0.964 bits per heavy atom. The van der Waals surface area contributed by atoms with Gasteiger partial charge >= 0.3 is 0 Å². The number of hydrogen-bond donors (Lipinski definition) is 0. The lowest BCUT2D eigenvalue weighted by Crippen LogP contribution is -1.91. The van der Waals surface area contributed by atoms with Gasteiger partial charge < -0.3 is 4.74 Å². The summed E-state index contributed by atoms with van der Waals surface area (Å²) in [4.78, 5) is 4.50. The molecule has 0 bridgehead atoms. The van der Waals surface area contributed by atoms with Crippen molar-refractivity contribution in [3.05, 3.63) is 85.1 Å². The first-order valence-corrected chi connectivity index (χ1v) is 9.44. The summed E-state index contributed by atoms with van der Waals surface area (Å²) in [6, 6.07) is 28.1. The molecule has 0 amide bonds. The summed E-state index contributed by atoms with van der Waals surface area (Å²) in [7, 11) is 1.67. The molecule has 5 aromatic carbocycles. The first-order valence-electron chi connectivity index (χ1n) is 9.44. The Labute approximate surface area is 162 Å². The third kappa shape index (κ3) is 1.95. The van der Waals surface area contributed by atoms with E-state index in [0.29, 0.717) is 5.88 Å². The predicted octanol–water partition coefficient (Wildman–Crippen LogP) is 6.86. The number of rotatable bonds is 1. The predicted molar refractivity (Wildman–Crippen MR) is 118 cm³/mol. The van der Waals surface area contributed by atoms with Crippen molar-refractivity contribution in [2.75, 3.05) is 7.11 Å². The van der Waals surface area contributed by atoms with Crippen LogP contribution in [0.25, 0.3) is 53.9 Å². The second-order valence-electron chi connectivity index (χ2n) is 7.16. The van der Waals surface area contributed by atoms with Crippen LogP contribution in [0.2, 0.25) is 0 Å². The van der Waals surface area contributed by atoms with Gasteiger partial charge in [-0.15, -0.1) is 0 Å². The number of pyridine rings is 1. The molecule has 6 aromatic rings. The first-order chi connectivity index (χ1) is 13.9. The van der Waals surface area contributed by atoms with Gasteiger partial charge in [0.15, 0.2) is 0 Å². The van der Waals surface area contributed by atoms with Crippen LogP contribution in [0.1, 0.15) is 0 Å². The Balaban J connectivity index is 2.09. The van der Waals surface area contributed by atoms with Gasteiger partial charge in [-0.2, -0.15) is 0 Å². The molecule has 0 saturated carbocycles. The van der Waals surface area contributed by atoms with Crippen LogP contribution in [0.15, 0.2) is 85.1 Å². The summed E-state index contributed by atoms with van der Waals surface area (Å²) in [5, 5.41) is 12.5. The number of ether oxygens (including phenoxy) is 1. The zero-order chi connectivity index (χ0) is 18.7. The number of aromatic nitrogens is 1. The number of fused-ring (bicyclic) bond motifs is 11. The van der Waals surface area contributed by atoms with Gasteiger partial charge in [0.1, 0.15) is 0 Å².